The van der Waals surface area contributed by atoms with E-state index in [-0.39, 0.29) is 0 Å². The van der Waals surface area contributed by atoms with Crippen LogP contribution >= 0.6 is 23.2 Å². The molecule has 0 aliphatic heterocycles. The molecule has 0 spiro atoms. The number of rotatable bonds is 5. The molecule has 0 atom stereocenters. The monoisotopic (exact) mass is 419 g/mol. The highest BCUT2D eigenvalue weighted by Gasteiger charge is 2.09. The van der Waals surface area contributed by atoms with Crippen LogP contribution in [-0.2, 0) is 6.61 Å². The first-order chi connectivity index (χ1) is 14.1. The Labute approximate surface area is 180 Å². The third-order valence-electron chi connectivity index (χ3n) is 4.78. The van der Waals surface area contributed by atoms with E-state index >= 15 is 0 Å². The number of aryl methyl sites for hydroxylation is 1. The molecule has 144 valence electrons. The van der Waals surface area contributed by atoms with Crippen LogP contribution in [0, 0.1) is 6.92 Å². The van der Waals surface area contributed by atoms with Crippen molar-refractivity contribution in [2.75, 3.05) is 0 Å². The van der Waals surface area contributed by atoms with E-state index in [0.29, 0.717) is 16.7 Å². The first-order valence-electron chi connectivity index (χ1n) is 9.30. The van der Waals surface area contributed by atoms with Crippen molar-refractivity contribution in [3.63, 3.8) is 0 Å². The Morgan fingerprint density at radius 1 is 0.897 bits per heavy atom. The minimum atomic E-state index is 0.384. The number of aliphatic imine (C=N–C) groups is 1. The Kier molecular flexibility index (Phi) is 5.84. The molecule has 0 aliphatic carbocycles. The zero-order valence-electron chi connectivity index (χ0n) is 15.9. The lowest BCUT2D eigenvalue weighted by atomic mass is 10.0. The van der Waals surface area contributed by atoms with E-state index in [9.17, 15) is 0 Å². The van der Waals surface area contributed by atoms with E-state index in [0.717, 1.165) is 38.9 Å². The van der Waals surface area contributed by atoms with Crippen molar-refractivity contribution in [1.29, 1.82) is 0 Å². The van der Waals surface area contributed by atoms with E-state index in [4.69, 9.17) is 32.9 Å². The molecule has 4 rings (SSSR count). The Hall–Kier alpha value is -2.81. The quantitative estimate of drug-likeness (QED) is 0.302. The van der Waals surface area contributed by atoms with Gasteiger partial charge in [-0.3, -0.25) is 4.99 Å². The summed E-state index contributed by atoms with van der Waals surface area (Å²) in [4.78, 5) is 4.70. The number of halogens is 2. The molecule has 0 saturated heterocycles. The van der Waals surface area contributed by atoms with Crippen LogP contribution in [0.4, 0.5) is 5.69 Å². The van der Waals surface area contributed by atoms with Crippen molar-refractivity contribution >= 4 is 45.9 Å². The summed E-state index contributed by atoms with van der Waals surface area (Å²) in [5.41, 5.74) is 3.76. The molecule has 0 heterocycles. The molecule has 0 aliphatic rings. The van der Waals surface area contributed by atoms with E-state index in [2.05, 4.69) is 18.2 Å². The first kappa shape index (κ1) is 19.5. The number of hydrogen-bond donors (Lipinski definition) is 0. The average Bonchev–Trinajstić information content (AvgIpc) is 2.74. The van der Waals surface area contributed by atoms with Crippen molar-refractivity contribution in [3.05, 3.63) is 106 Å². The van der Waals surface area contributed by atoms with Gasteiger partial charge in [-0.2, -0.15) is 0 Å². The summed E-state index contributed by atoms with van der Waals surface area (Å²) in [5.74, 6) is 0.757. The molecule has 4 aromatic rings. The highest BCUT2D eigenvalue weighted by atomic mass is 35.5. The van der Waals surface area contributed by atoms with Crippen LogP contribution in [0.5, 0.6) is 5.75 Å². The van der Waals surface area contributed by atoms with Crippen LogP contribution in [-0.4, -0.2) is 6.21 Å². The summed E-state index contributed by atoms with van der Waals surface area (Å²) in [6, 6.07) is 25.6. The predicted molar refractivity (Wildman–Crippen MR) is 123 cm³/mol. The summed E-state index contributed by atoms with van der Waals surface area (Å²) in [6.07, 6.45) is 1.85. The lowest BCUT2D eigenvalue weighted by Crippen LogP contribution is -2.00. The number of hydrogen-bond acceptors (Lipinski definition) is 2. The van der Waals surface area contributed by atoms with E-state index in [1.807, 2.05) is 73.8 Å². The fraction of sp³-hybridized carbons (Fsp3) is 0.0800. The number of benzene rings is 4. The maximum absolute atomic E-state index is 6.28. The molecule has 29 heavy (non-hydrogen) atoms. The Morgan fingerprint density at radius 2 is 1.69 bits per heavy atom. The second-order valence-corrected chi connectivity index (χ2v) is 7.61. The van der Waals surface area contributed by atoms with Crippen LogP contribution in [0.25, 0.3) is 10.8 Å². The maximum atomic E-state index is 6.28. The molecule has 4 heteroatoms. The van der Waals surface area contributed by atoms with Gasteiger partial charge in [-0.05, 0) is 47.5 Å². The van der Waals surface area contributed by atoms with E-state index < -0.39 is 0 Å². The lowest BCUT2D eigenvalue weighted by Gasteiger charge is -2.13. The summed E-state index contributed by atoms with van der Waals surface area (Å²) in [7, 11) is 0. The van der Waals surface area contributed by atoms with Gasteiger partial charge in [0.15, 0.2) is 0 Å². The van der Waals surface area contributed by atoms with Gasteiger partial charge in [-0.1, -0.05) is 77.8 Å². The van der Waals surface area contributed by atoms with Crippen LogP contribution in [0.3, 0.4) is 0 Å². The van der Waals surface area contributed by atoms with Gasteiger partial charge in [0.1, 0.15) is 12.4 Å². The third-order valence-corrected chi connectivity index (χ3v) is 5.38. The van der Waals surface area contributed by atoms with Gasteiger partial charge in [0.2, 0.25) is 0 Å². The summed E-state index contributed by atoms with van der Waals surface area (Å²) in [6.45, 7) is 2.40. The van der Waals surface area contributed by atoms with Crippen molar-refractivity contribution in [2.24, 2.45) is 4.99 Å². The molecule has 0 amide bonds. The minimum absolute atomic E-state index is 0.384. The normalized spacial score (nSPS) is 11.3. The molecule has 0 bridgehead atoms. The zero-order chi connectivity index (χ0) is 20.2. The van der Waals surface area contributed by atoms with Gasteiger partial charge in [-0.15, -0.1) is 0 Å². The summed E-state index contributed by atoms with van der Waals surface area (Å²) >= 11 is 12.4. The van der Waals surface area contributed by atoms with Crippen molar-refractivity contribution < 1.29 is 4.74 Å². The average molecular weight is 420 g/mol. The summed E-state index contributed by atoms with van der Waals surface area (Å²) in [5, 5.41) is 3.56. The predicted octanol–water partition coefficient (Wildman–Crippen LogP) is 7.78. The topological polar surface area (TPSA) is 21.6 Å². The van der Waals surface area contributed by atoms with E-state index in [1.54, 1.807) is 0 Å². The van der Waals surface area contributed by atoms with Crippen LogP contribution in [0.1, 0.15) is 16.7 Å². The van der Waals surface area contributed by atoms with Gasteiger partial charge < -0.3 is 4.74 Å². The number of nitrogens with zero attached hydrogens (tertiary/aromatic N) is 1. The van der Waals surface area contributed by atoms with Gasteiger partial charge in [0, 0.05) is 27.4 Å². The van der Waals surface area contributed by atoms with Crippen LogP contribution < -0.4 is 4.74 Å². The maximum Gasteiger partial charge on any atom is 0.129 e. The lowest BCUT2D eigenvalue weighted by molar-refractivity contribution is 0.306. The highest BCUT2D eigenvalue weighted by molar-refractivity contribution is 6.31. The van der Waals surface area contributed by atoms with Crippen LogP contribution in [0.15, 0.2) is 83.9 Å². The Morgan fingerprint density at radius 3 is 2.55 bits per heavy atom. The molecule has 0 N–H and O–H groups in total. The van der Waals surface area contributed by atoms with Crippen LogP contribution in [0.2, 0.25) is 10.0 Å². The van der Waals surface area contributed by atoms with Gasteiger partial charge in [0.05, 0.1) is 5.69 Å². The van der Waals surface area contributed by atoms with Crippen molar-refractivity contribution in [1.82, 2.24) is 0 Å². The molecule has 0 radical (unpaired) electrons. The van der Waals surface area contributed by atoms with Gasteiger partial charge >= 0.3 is 0 Å². The SMILES string of the molecule is Cc1ccc(Cl)cc1N=Cc1c(OCc2ccccc2Cl)ccc2ccccc12. The number of fused-ring (bicyclic) bond motifs is 1. The smallest absolute Gasteiger partial charge is 0.129 e. The molecule has 0 saturated carbocycles. The Balaban J connectivity index is 1.74. The second kappa shape index (κ2) is 8.69. The largest absolute Gasteiger partial charge is 0.488 e. The standard InChI is InChI=1S/C25H19Cl2NO/c1-17-10-12-20(26)14-24(17)28-15-22-21-8-4-2-6-18(21)11-13-25(22)29-16-19-7-3-5-9-23(19)27/h2-15H,16H2,1H3. The number of ether oxygens (including phenoxy) is 1. The fourth-order valence-electron chi connectivity index (χ4n) is 3.16. The molecular weight excluding hydrogens is 401 g/mol. The molecule has 4 aromatic carbocycles. The van der Waals surface area contributed by atoms with E-state index in [1.165, 1.54) is 0 Å². The summed E-state index contributed by atoms with van der Waals surface area (Å²) < 4.78 is 6.15. The Bertz CT molecular complexity index is 1200. The fourth-order valence-corrected chi connectivity index (χ4v) is 3.52. The first-order valence-corrected chi connectivity index (χ1v) is 10.1. The van der Waals surface area contributed by atoms with Gasteiger partial charge in [-0.25, -0.2) is 0 Å². The van der Waals surface area contributed by atoms with Crippen molar-refractivity contribution in [3.8, 4) is 5.75 Å². The third kappa shape index (κ3) is 4.45. The molecule has 2 nitrogen and oxygen atoms in total. The molecule has 0 aromatic heterocycles. The molecule has 0 fully saturated rings. The molecule has 0 unspecified atom stereocenters. The minimum Gasteiger partial charge on any atom is -0.488 e. The van der Waals surface area contributed by atoms with Crippen molar-refractivity contribution in [2.45, 2.75) is 13.5 Å². The molecular formula is C25H19Cl2NO. The second-order valence-electron chi connectivity index (χ2n) is 6.77. The van der Waals surface area contributed by atoms with Gasteiger partial charge in [0.25, 0.3) is 0 Å². The highest BCUT2D eigenvalue weighted by Crippen LogP contribution is 2.30. The zero-order valence-corrected chi connectivity index (χ0v) is 17.4.